The van der Waals surface area contributed by atoms with E-state index in [2.05, 4.69) is 26.2 Å². The van der Waals surface area contributed by atoms with E-state index < -0.39 is 0 Å². The maximum Gasteiger partial charge on any atom is 0.269 e. The van der Waals surface area contributed by atoms with E-state index in [0.717, 1.165) is 15.1 Å². The first-order valence-electron chi connectivity index (χ1n) is 5.06. The van der Waals surface area contributed by atoms with E-state index in [9.17, 15) is 4.79 Å². The second kappa shape index (κ2) is 4.85. The van der Waals surface area contributed by atoms with E-state index in [0.29, 0.717) is 12.2 Å². The van der Waals surface area contributed by atoms with Gasteiger partial charge in [-0.3, -0.25) is 14.7 Å². The number of fused-ring (bicyclic) bond motifs is 1. The van der Waals surface area contributed by atoms with Gasteiger partial charge in [-0.05, 0) is 12.1 Å². The van der Waals surface area contributed by atoms with E-state index in [1.54, 1.807) is 25.3 Å². The molecule has 1 aromatic heterocycles. The lowest BCUT2D eigenvalue weighted by Gasteiger charge is -2.19. The predicted octanol–water partition coefficient (Wildman–Crippen LogP) is -0.441. The van der Waals surface area contributed by atoms with Gasteiger partial charge in [0.2, 0.25) is 0 Å². The summed E-state index contributed by atoms with van der Waals surface area (Å²) in [6, 6.07) is 3.53. The molecule has 1 aliphatic heterocycles. The average molecular weight is 298 g/mol. The summed E-state index contributed by atoms with van der Waals surface area (Å²) in [5.41, 5.74) is 0.405. The van der Waals surface area contributed by atoms with Gasteiger partial charge in [0.15, 0.2) is 0 Å². The number of hydrogen-bond donors (Lipinski definition) is 1. The summed E-state index contributed by atoms with van der Waals surface area (Å²) in [4.78, 5) is 20.9. The van der Waals surface area contributed by atoms with E-state index >= 15 is 0 Å². The Labute approximate surface area is 107 Å². The molecule has 0 bridgehead atoms. The highest BCUT2D eigenvalue weighted by molar-refractivity contribution is 9.14. The number of hydrogen-bond acceptors (Lipinski definition) is 4. The molecule has 6 heteroatoms. The Morgan fingerprint density at radius 3 is 3.00 bits per heavy atom. The van der Waals surface area contributed by atoms with Gasteiger partial charge in [-0.15, -0.1) is 0 Å². The lowest BCUT2D eigenvalue weighted by Crippen LogP contribution is -2.40. The smallest absolute Gasteiger partial charge is 0.269 e. The Morgan fingerprint density at radius 2 is 2.35 bits per heavy atom. The molecule has 0 aromatic carbocycles. The molecule has 0 radical (unpaired) electrons. The molecular formula is C11H12BrN3O2. The van der Waals surface area contributed by atoms with Crippen LogP contribution < -0.4 is 15.9 Å². The van der Waals surface area contributed by atoms with Crippen molar-refractivity contribution in [2.45, 2.75) is 0 Å². The van der Waals surface area contributed by atoms with Crippen LogP contribution in [0.15, 0.2) is 12.1 Å². The topological polar surface area (TPSA) is 54.5 Å². The Morgan fingerprint density at radius 1 is 1.59 bits per heavy atom. The highest BCUT2D eigenvalue weighted by atomic mass is 79.9. The molecule has 5 nitrogen and oxygen atoms in total. The molecule has 0 spiro atoms. The molecule has 2 heterocycles. The van der Waals surface area contributed by atoms with Crippen molar-refractivity contribution in [1.82, 2.24) is 15.4 Å². The zero-order chi connectivity index (χ0) is 12.4. The van der Waals surface area contributed by atoms with Gasteiger partial charge in [-0.25, -0.2) is 4.98 Å². The number of nitrogens with one attached hydrogen (secondary N) is 1. The van der Waals surface area contributed by atoms with Crippen molar-refractivity contribution in [3.8, 4) is 0 Å². The van der Waals surface area contributed by atoms with E-state index in [1.165, 1.54) is 0 Å². The van der Waals surface area contributed by atoms with Gasteiger partial charge >= 0.3 is 0 Å². The molecule has 90 valence electrons. The minimum absolute atomic E-state index is 0.192. The third kappa shape index (κ3) is 2.32. The predicted molar refractivity (Wildman–Crippen MR) is 67.4 cm³/mol. The number of rotatable bonds is 2. The molecule has 1 N–H and O–H groups in total. The van der Waals surface area contributed by atoms with Gasteiger partial charge in [0, 0.05) is 22.9 Å². The van der Waals surface area contributed by atoms with Crippen LogP contribution in [-0.4, -0.2) is 36.7 Å². The van der Waals surface area contributed by atoms with Crippen molar-refractivity contribution in [2.75, 3.05) is 20.7 Å². The van der Waals surface area contributed by atoms with Crippen LogP contribution in [0.2, 0.25) is 0 Å². The van der Waals surface area contributed by atoms with Crippen LogP contribution in [0.3, 0.4) is 0 Å². The van der Waals surface area contributed by atoms with E-state index in [-0.39, 0.29) is 5.91 Å². The van der Waals surface area contributed by atoms with Crippen molar-refractivity contribution in [3.05, 3.63) is 28.4 Å². The fourth-order valence-electron chi connectivity index (χ4n) is 1.58. The van der Waals surface area contributed by atoms with Crippen LogP contribution in [-0.2, 0) is 4.84 Å². The monoisotopic (exact) mass is 297 g/mol. The number of carbonyl (C=O) groups is 1. The molecule has 17 heavy (non-hydrogen) atoms. The molecular weight excluding hydrogens is 286 g/mol. The number of aromatic nitrogens is 1. The Balaban J connectivity index is 2.57. The minimum atomic E-state index is -0.192. The summed E-state index contributed by atoms with van der Waals surface area (Å²) in [6.07, 6.45) is 1.85. The second-order valence-corrected chi connectivity index (χ2v) is 4.46. The third-order valence-corrected chi connectivity index (χ3v) is 3.08. The number of nitrogens with zero attached hydrogens (tertiary/aromatic N) is 2. The number of carbonyl (C=O) groups excluding carboxylic acids is 1. The number of pyridine rings is 1. The first kappa shape index (κ1) is 12.1. The van der Waals surface area contributed by atoms with Gasteiger partial charge in [0.05, 0.1) is 19.0 Å². The van der Waals surface area contributed by atoms with Crippen LogP contribution >= 0.6 is 15.9 Å². The summed E-state index contributed by atoms with van der Waals surface area (Å²) >= 11 is 3.45. The number of hydroxylamine groups is 2. The van der Waals surface area contributed by atoms with E-state index in [4.69, 9.17) is 4.84 Å². The lowest BCUT2D eigenvalue weighted by atomic mass is 10.2. The fourth-order valence-corrected chi connectivity index (χ4v) is 2.14. The highest BCUT2D eigenvalue weighted by Crippen LogP contribution is 2.09. The largest absolute Gasteiger partial charge is 0.354 e. The maximum atomic E-state index is 11.5. The molecule has 0 aliphatic carbocycles. The van der Waals surface area contributed by atoms with Crippen LogP contribution in [0.1, 0.15) is 10.5 Å². The van der Waals surface area contributed by atoms with Crippen LogP contribution in [0.25, 0.3) is 10.7 Å². The van der Waals surface area contributed by atoms with E-state index in [1.807, 2.05) is 12.3 Å². The normalized spacial score (nSPS) is 14.1. The number of amides is 1. The summed E-state index contributed by atoms with van der Waals surface area (Å²) in [5.74, 6) is -0.192. The van der Waals surface area contributed by atoms with Gasteiger partial charge in [-0.1, -0.05) is 15.9 Å². The first-order chi connectivity index (χ1) is 8.15. The Hall–Kier alpha value is -1.40. The fraction of sp³-hybridized carbons (Fsp3) is 0.273. The average Bonchev–Trinajstić information content (AvgIpc) is 2.37. The van der Waals surface area contributed by atoms with Crippen molar-refractivity contribution in [1.29, 1.82) is 0 Å². The van der Waals surface area contributed by atoms with Crippen LogP contribution in [0.4, 0.5) is 0 Å². The Kier molecular flexibility index (Phi) is 3.44. The first-order valence-corrected chi connectivity index (χ1v) is 5.85. The van der Waals surface area contributed by atoms with Gasteiger partial charge in [0.25, 0.3) is 5.91 Å². The summed E-state index contributed by atoms with van der Waals surface area (Å²) < 4.78 is 0.891. The van der Waals surface area contributed by atoms with Gasteiger partial charge in [-0.2, -0.15) is 0 Å². The zero-order valence-electron chi connectivity index (χ0n) is 9.53. The summed E-state index contributed by atoms with van der Waals surface area (Å²) in [5, 5.41) is 5.93. The van der Waals surface area contributed by atoms with Crippen molar-refractivity contribution >= 4 is 32.5 Å². The zero-order valence-corrected chi connectivity index (χ0v) is 11.1. The maximum absolute atomic E-state index is 11.5. The molecule has 0 atom stereocenters. The van der Waals surface area contributed by atoms with Crippen LogP contribution in [0.5, 0.6) is 0 Å². The molecule has 1 aliphatic rings. The molecule has 1 aromatic rings. The Bertz CT molecular complexity index is 571. The highest BCUT2D eigenvalue weighted by Gasteiger charge is 2.11. The second-order valence-electron chi connectivity index (χ2n) is 3.51. The molecule has 0 saturated heterocycles. The van der Waals surface area contributed by atoms with Crippen LogP contribution in [0, 0.1) is 0 Å². The minimum Gasteiger partial charge on any atom is -0.354 e. The molecule has 2 rings (SSSR count). The SMILES string of the molecule is CNC(=O)c1ccc2c(n1)=C(Br)CN(OC)C=2. The summed E-state index contributed by atoms with van der Waals surface area (Å²) in [7, 11) is 3.19. The van der Waals surface area contributed by atoms with Crippen molar-refractivity contribution in [3.63, 3.8) is 0 Å². The van der Waals surface area contributed by atoms with Gasteiger partial charge in [0.1, 0.15) is 5.69 Å². The molecule has 1 amide bonds. The number of halogens is 1. The summed E-state index contributed by atoms with van der Waals surface area (Å²) in [6.45, 7) is 0.577. The lowest BCUT2D eigenvalue weighted by molar-refractivity contribution is -0.0589. The standard InChI is InChI=1S/C11H12BrN3O2/c1-13-11(16)9-4-3-7-5-15(17-2)6-8(12)10(7)14-9/h3-5H,6H2,1-2H3,(H,13,16). The van der Waals surface area contributed by atoms with Gasteiger partial charge < -0.3 is 5.32 Å². The molecule has 0 saturated carbocycles. The molecule has 0 fully saturated rings. The molecule has 0 unspecified atom stereocenters. The third-order valence-electron chi connectivity index (χ3n) is 2.46. The van der Waals surface area contributed by atoms with Crippen molar-refractivity contribution < 1.29 is 9.63 Å². The van der Waals surface area contributed by atoms with Crippen molar-refractivity contribution in [2.24, 2.45) is 0 Å². The quantitative estimate of drug-likeness (QED) is 0.804.